The van der Waals surface area contributed by atoms with Crippen molar-refractivity contribution < 1.29 is 9.59 Å². The lowest BCUT2D eigenvalue weighted by molar-refractivity contribution is 0.0930. The van der Waals surface area contributed by atoms with Gasteiger partial charge in [0.2, 0.25) is 0 Å². The Hall–Kier alpha value is -2.53. The van der Waals surface area contributed by atoms with Gasteiger partial charge in [-0.1, -0.05) is 35.9 Å². The predicted octanol–water partition coefficient (Wildman–Crippen LogP) is 2.93. The fourth-order valence-electron chi connectivity index (χ4n) is 2.63. The zero-order valence-electron chi connectivity index (χ0n) is 13.0. The molecule has 1 aliphatic rings. The summed E-state index contributed by atoms with van der Waals surface area (Å²) < 4.78 is 0. The molecule has 24 heavy (non-hydrogen) atoms. The summed E-state index contributed by atoms with van der Waals surface area (Å²) in [4.78, 5) is 23.2. The molecule has 3 rings (SSSR count). The molecule has 6 heteroatoms. The van der Waals surface area contributed by atoms with Crippen molar-refractivity contribution in [2.24, 2.45) is 5.73 Å². The first-order valence-corrected chi connectivity index (χ1v) is 8.07. The molecule has 0 unspecified atom stereocenters. The highest BCUT2D eigenvalue weighted by Gasteiger charge is 2.45. The normalized spacial score (nSPS) is 14.7. The summed E-state index contributed by atoms with van der Waals surface area (Å²) in [6.07, 6.45) is 1.84. The maximum Gasteiger partial charge on any atom is 0.312 e. The predicted molar refractivity (Wildman–Crippen MR) is 92.7 cm³/mol. The zero-order valence-corrected chi connectivity index (χ0v) is 13.8. The van der Waals surface area contributed by atoms with Gasteiger partial charge in [-0.25, -0.2) is 4.79 Å². The van der Waals surface area contributed by atoms with Crippen LogP contribution in [0.4, 0.5) is 4.79 Å². The van der Waals surface area contributed by atoms with Gasteiger partial charge in [0, 0.05) is 17.1 Å². The van der Waals surface area contributed by atoms with Crippen molar-refractivity contribution >= 4 is 23.5 Å². The molecule has 0 atom stereocenters. The summed E-state index contributed by atoms with van der Waals surface area (Å²) in [7, 11) is 0. The van der Waals surface area contributed by atoms with E-state index in [1.165, 1.54) is 0 Å². The molecule has 0 aliphatic heterocycles. The first-order chi connectivity index (χ1) is 11.5. The van der Waals surface area contributed by atoms with Crippen molar-refractivity contribution in [2.45, 2.75) is 24.9 Å². The molecule has 1 aliphatic carbocycles. The minimum atomic E-state index is -0.574. The van der Waals surface area contributed by atoms with Gasteiger partial charge in [0.15, 0.2) is 0 Å². The lowest BCUT2D eigenvalue weighted by atomic mass is 10.0. The number of nitrogens with one attached hydrogen (secondary N) is 2. The molecular formula is C18H18ClN3O2. The van der Waals surface area contributed by atoms with E-state index in [1.54, 1.807) is 24.3 Å². The maximum absolute atomic E-state index is 12.5. The van der Waals surface area contributed by atoms with E-state index in [2.05, 4.69) is 10.6 Å². The number of halogens is 1. The fraction of sp³-hybridized carbons (Fsp3) is 0.222. The lowest BCUT2D eigenvalue weighted by Gasteiger charge is -2.18. The molecule has 0 bridgehead atoms. The fourth-order valence-corrected chi connectivity index (χ4v) is 2.76. The summed E-state index contributed by atoms with van der Waals surface area (Å²) in [6, 6.07) is 14.1. The van der Waals surface area contributed by atoms with Gasteiger partial charge in [0.1, 0.15) is 0 Å². The third-order valence-corrected chi connectivity index (χ3v) is 4.43. The van der Waals surface area contributed by atoms with Gasteiger partial charge in [-0.2, -0.15) is 0 Å². The summed E-state index contributed by atoms with van der Waals surface area (Å²) in [5.74, 6) is -0.114. The monoisotopic (exact) mass is 343 g/mol. The second kappa shape index (κ2) is 6.53. The number of hydrogen-bond donors (Lipinski definition) is 3. The Labute approximate surface area is 145 Å². The van der Waals surface area contributed by atoms with Gasteiger partial charge in [-0.05, 0) is 48.2 Å². The average Bonchev–Trinajstić information content (AvgIpc) is 3.34. The van der Waals surface area contributed by atoms with Crippen LogP contribution in [0, 0.1) is 0 Å². The summed E-state index contributed by atoms with van der Waals surface area (Å²) >= 11 is 5.92. The molecule has 5 nitrogen and oxygen atoms in total. The topological polar surface area (TPSA) is 84.2 Å². The lowest BCUT2D eigenvalue weighted by Crippen LogP contribution is -2.34. The van der Waals surface area contributed by atoms with E-state index < -0.39 is 6.03 Å². The largest absolute Gasteiger partial charge is 0.352 e. The molecule has 0 heterocycles. The van der Waals surface area contributed by atoms with Crippen molar-refractivity contribution in [1.82, 2.24) is 10.6 Å². The van der Waals surface area contributed by atoms with E-state index in [0.717, 1.165) is 24.0 Å². The number of rotatable bonds is 5. The van der Waals surface area contributed by atoms with Crippen molar-refractivity contribution in [2.75, 3.05) is 0 Å². The highest BCUT2D eigenvalue weighted by Crippen LogP contribution is 2.45. The van der Waals surface area contributed by atoms with Gasteiger partial charge >= 0.3 is 6.03 Å². The summed E-state index contributed by atoms with van der Waals surface area (Å²) in [5, 5.41) is 6.31. The Morgan fingerprint density at radius 3 is 2.21 bits per heavy atom. The number of amides is 3. The number of hydrogen-bond acceptors (Lipinski definition) is 2. The number of nitrogens with two attached hydrogens (primary N) is 1. The van der Waals surface area contributed by atoms with E-state index >= 15 is 0 Å². The number of carbonyl (C=O) groups is 2. The van der Waals surface area contributed by atoms with Gasteiger partial charge in [0.05, 0.1) is 5.54 Å². The summed E-state index contributed by atoms with van der Waals surface area (Å²) in [5.41, 5.74) is 7.29. The Balaban J connectivity index is 1.66. The molecule has 0 radical (unpaired) electrons. The number of primary amides is 1. The Morgan fingerprint density at radius 1 is 1.04 bits per heavy atom. The van der Waals surface area contributed by atoms with E-state index in [0.29, 0.717) is 17.1 Å². The first kappa shape index (κ1) is 16.3. The van der Waals surface area contributed by atoms with Gasteiger partial charge < -0.3 is 16.4 Å². The van der Waals surface area contributed by atoms with Crippen LogP contribution in [0.1, 0.15) is 34.3 Å². The van der Waals surface area contributed by atoms with Crippen LogP contribution >= 0.6 is 11.6 Å². The third kappa shape index (κ3) is 3.68. The van der Waals surface area contributed by atoms with E-state index in [-0.39, 0.29) is 11.4 Å². The minimum Gasteiger partial charge on any atom is -0.352 e. The van der Waals surface area contributed by atoms with Crippen LogP contribution in [0.3, 0.4) is 0 Å². The molecule has 124 valence electrons. The van der Waals surface area contributed by atoms with Crippen molar-refractivity contribution in [1.29, 1.82) is 0 Å². The van der Waals surface area contributed by atoms with Crippen LogP contribution in [0.2, 0.25) is 5.02 Å². The average molecular weight is 344 g/mol. The smallest absolute Gasteiger partial charge is 0.312 e. The van der Waals surface area contributed by atoms with Crippen LogP contribution in [-0.2, 0) is 12.1 Å². The quantitative estimate of drug-likeness (QED) is 0.779. The molecule has 0 spiro atoms. The van der Waals surface area contributed by atoms with Crippen LogP contribution in [-0.4, -0.2) is 11.9 Å². The highest BCUT2D eigenvalue weighted by molar-refractivity contribution is 6.30. The molecule has 2 aromatic rings. The number of urea groups is 1. The Morgan fingerprint density at radius 2 is 1.67 bits per heavy atom. The standard InChI is InChI=1S/C18H18ClN3O2/c19-15-7-5-14(6-8-15)18(9-10-18)22-16(23)13-3-1-12(2-4-13)11-21-17(20)24/h1-8H,9-11H2,(H,22,23)(H3,20,21,24). The molecule has 3 amide bonds. The van der Waals surface area contributed by atoms with E-state index in [4.69, 9.17) is 17.3 Å². The molecule has 0 aromatic heterocycles. The first-order valence-electron chi connectivity index (χ1n) is 7.69. The van der Waals surface area contributed by atoms with Crippen molar-refractivity contribution in [3.05, 3.63) is 70.2 Å². The van der Waals surface area contributed by atoms with Crippen LogP contribution in [0.15, 0.2) is 48.5 Å². The number of carbonyl (C=O) groups excluding carboxylic acids is 2. The second-order valence-electron chi connectivity index (χ2n) is 5.96. The van der Waals surface area contributed by atoms with Gasteiger partial charge in [-0.3, -0.25) is 4.79 Å². The van der Waals surface area contributed by atoms with E-state index in [1.807, 2.05) is 24.3 Å². The van der Waals surface area contributed by atoms with Gasteiger partial charge in [-0.15, -0.1) is 0 Å². The summed E-state index contributed by atoms with van der Waals surface area (Å²) in [6.45, 7) is 0.339. The van der Waals surface area contributed by atoms with Crippen molar-refractivity contribution in [3.63, 3.8) is 0 Å². The Bertz CT molecular complexity index is 753. The molecule has 4 N–H and O–H groups in total. The number of benzene rings is 2. The molecule has 1 fully saturated rings. The van der Waals surface area contributed by atoms with Crippen molar-refractivity contribution in [3.8, 4) is 0 Å². The zero-order chi connectivity index (χ0) is 17.2. The molecule has 2 aromatic carbocycles. The molecule has 0 saturated heterocycles. The minimum absolute atomic E-state index is 0.114. The van der Waals surface area contributed by atoms with Gasteiger partial charge in [0.25, 0.3) is 5.91 Å². The van der Waals surface area contributed by atoms with Crippen LogP contribution in [0.5, 0.6) is 0 Å². The maximum atomic E-state index is 12.5. The Kier molecular flexibility index (Phi) is 4.44. The molecule has 1 saturated carbocycles. The third-order valence-electron chi connectivity index (χ3n) is 4.18. The van der Waals surface area contributed by atoms with Crippen LogP contribution in [0.25, 0.3) is 0 Å². The highest BCUT2D eigenvalue weighted by atomic mass is 35.5. The molecular weight excluding hydrogens is 326 g/mol. The second-order valence-corrected chi connectivity index (χ2v) is 6.39. The SMILES string of the molecule is NC(=O)NCc1ccc(C(=O)NC2(c3ccc(Cl)cc3)CC2)cc1. The van der Waals surface area contributed by atoms with Crippen LogP contribution < -0.4 is 16.4 Å². The van der Waals surface area contributed by atoms with E-state index in [9.17, 15) is 9.59 Å².